The van der Waals surface area contributed by atoms with Gasteiger partial charge in [0.05, 0.1) is 23.0 Å². The van der Waals surface area contributed by atoms with Gasteiger partial charge in [-0.25, -0.2) is 0 Å². The molecule has 0 saturated carbocycles. The highest BCUT2D eigenvalue weighted by atomic mass is 32.1. The van der Waals surface area contributed by atoms with E-state index in [1.54, 1.807) is 22.7 Å². The summed E-state index contributed by atoms with van der Waals surface area (Å²) in [5, 5.41) is 6.83. The van der Waals surface area contributed by atoms with E-state index in [1.807, 2.05) is 0 Å². The Bertz CT molecular complexity index is 1510. The van der Waals surface area contributed by atoms with E-state index in [2.05, 4.69) is 78.1 Å². The maximum Gasteiger partial charge on any atom is 0.137 e. The highest BCUT2D eigenvalue weighted by Crippen LogP contribution is 2.40. The van der Waals surface area contributed by atoms with Gasteiger partial charge < -0.3 is 14.5 Å². The zero-order valence-electron chi connectivity index (χ0n) is 30.5. The van der Waals surface area contributed by atoms with E-state index in [-0.39, 0.29) is 0 Å². The van der Waals surface area contributed by atoms with E-state index in [1.165, 1.54) is 158 Å². The molecule has 49 heavy (non-hydrogen) atoms. The second-order valence-electron chi connectivity index (χ2n) is 13.9. The van der Waals surface area contributed by atoms with Crippen molar-refractivity contribution in [1.29, 1.82) is 0 Å². The summed E-state index contributed by atoms with van der Waals surface area (Å²) in [5.74, 6) is 2.03. The molecule has 3 heterocycles. The first-order valence-corrected chi connectivity index (χ1v) is 21.5. The molecule has 0 aliphatic heterocycles. The van der Waals surface area contributed by atoms with Crippen molar-refractivity contribution < 1.29 is 9.47 Å². The summed E-state index contributed by atoms with van der Waals surface area (Å²) in [4.78, 5) is 6.17. The number of aromatic amines is 1. The van der Waals surface area contributed by atoms with Crippen molar-refractivity contribution in [3.05, 3.63) is 59.3 Å². The average molecular weight is 700 g/mol. The molecule has 5 aromatic rings. The third-order valence-corrected chi connectivity index (χ3v) is 11.8. The normalized spacial score (nSPS) is 11.6. The van der Waals surface area contributed by atoms with Gasteiger partial charge >= 0.3 is 0 Å². The minimum atomic E-state index is 0.797. The molecule has 0 unspecified atom stereocenters. The number of rotatable bonds is 26. The molecular formula is C44H61NO2S2. The topological polar surface area (TPSA) is 34.2 Å². The number of ether oxygens (including phenoxy) is 2. The summed E-state index contributed by atoms with van der Waals surface area (Å²) in [7, 11) is 0. The third-order valence-electron chi connectivity index (χ3n) is 9.89. The first-order chi connectivity index (χ1) is 24.3. The van der Waals surface area contributed by atoms with Crippen LogP contribution in [0.4, 0.5) is 0 Å². The lowest BCUT2D eigenvalue weighted by Gasteiger charge is -2.08. The van der Waals surface area contributed by atoms with Crippen molar-refractivity contribution in [3.63, 3.8) is 0 Å². The molecule has 5 rings (SSSR count). The zero-order valence-corrected chi connectivity index (χ0v) is 32.1. The van der Waals surface area contributed by atoms with Crippen LogP contribution in [0.15, 0.2) is 59.3 Å². The fourth-order valence-electron chi connectivity index (χ4n) is 6.98. The largest absolute Gasteiger partial charge is 0.492 e. The molecule has 2 aromatic carbocycles. The Morgan fingerprint density at radius 1 is 0.449 bits per heavy atom. The van der Waals surface area contributed by atoms with Gasteiger partial charge in [0, 0.05) is 21.8 Å². The van der Waals surface area contributed by atoms with Gasteiger partial charge in [-0.2, -0.15) is 0 Å². The maximum atomic E-state index is 6.30. The van der Waals surface area contributed by atoms with Crippen LogP contribution in [0.2, 0.25) is 0 Å². The van der Waals surface area contributed by atoms with Crippen LogP contribution >= 0.6 is 22.7 Å². The molecule has 0 bridgehead atoms. The van der Waals surface area contributed by atoms with E-state index in [0.717, 1.165) is 37.6 Å². The number of fused-ring (bicyclic) bond motifs is 3. The molecule has 0 radical (unpaired) electrons. The third kappa shape index (κ3) is 11.6. The summed E-state index contributed by atoms with van der Waals surface area (Å²) in [6, 6.07) is 17.9. The van der Waals surface area contributed by atoms with Crippen LogP contribution in [-0.2, 0) is 0 Å². The van der Waals surface area contributed by atoms with Gasteiger partial charge in [-0.15, -0.1) is 22.7 Å². The van der Waals surface area contributed by atoms with E-state index in [9.17, 15) is 0 Å². The van der Waals surface area contributed by atoms with Gasteiger partial charge in [-0.1, -0.05) is 154 Å². The van der Waals surface area contributed by atoms with Gasteiger partial charge in [-0.3, -0.25) is 0 Å². The summed E-state index contributed by atoms with van der Waals surface area (Å²) < 4.78 is 12.6. The molecule has 0 spiro atoms. The Hall–Kier alpha value is -2.76. The Morgan fingerprint density at radius 3 is 1.20 bits per heavy atom. The molecule has 1 N–H and O–H groups in total. The highest BCUT2D eigenvalue weighted by molar-refractivity contribution is 7.14. The van der Waals surface area contributed by atoms with Gasteiger partial charge in [0.25, 0.3) is 0 Å². The molecule has 0 aliphatic rings. The fraction of sp³-hybridized carbons (Fsp3) is 0.545. The van der Waals surface area contributed by atoms with Crippen LogP contribution in [0.3, 0.4) is 0 Å². The lowest BCUT2D eigenvalue weighted by atomic mass is 10.1. The monoisotopic (exact) mass is 699 g/mol. The molecular weight excluding hydrogens is 639 g/mol. The molecule has 0 atom stereocenters. The number of H-pyrrole nitrogens is 1. The van der Waals surface area contributed by atoms with Crippen molar-refractivity contribution in [3.8, 4) is 32.4 Å². The van der Waals surface area contributed by atoms with Gasteiger partial charge in [0.15, 0.2) is 0 Å². The summed E-state index contributed by atoms with van der Waals surface area (Å²) in [6.07, 6.45) is 26.8. The van der Waals surface area contributed by atoms with Crippen LogP contribution in [0.5, 0.6) is 11.5 Å². The summed E-state index contributed by atoms with van der Waals surface area (Å²) in [5.41, 5.74) is 4.77. The number of thiophene rings is 2. The Labute approximate surface area is 304 Å². The number of hydrogen-bond donors (Lipinski definition) is 1. The number of hydrogen-bond acceptors (Lipinski definition) is 4. The molecule has 266 valence electrons. The molecule has 3 aromatic heterocycles. The van der Waals surface area contributed by atoms with E-state index in [0.29, 0.717) is 0 Å². The van der Waals surface area contributed by atoms with Gasteiger partial charge in [0.1, 0.15) is 11.5 Å². The average Bonchev–Trinajstić information content (AvgIpc) is 3.87. The van der Waals surface area contributed by atoms with Gasteiger partial charge in [0.2, 0.25) is 0 Å². The van der Waals surface area contributed by atoms with E-state index < -0.39 is 0 Å². The van der Waals surface area contributed by atoms with Gasteiger partial charge in [-0.05, 0) is 59.0 Å². The summed E-state index contributed by atoms with van der Waals surface area (Å²) >= 11 is 3.54. The van der Waals surface area contributed by atoms with E-state index in [4.69, 9.17) is 9.47 Å². The van der Waals surface area contributed by atoms with Crippen molar-refractivity contribution in [2.75, 3.05) is 13.2 Å². The minimum Gasteiger partial charge on any atom is -0.492 e. The standard InChI is InChI=1S/C44H61NO2S2/c1-3-5-7-9-11-13-15-17-19-21-29-46-41-27-31-48-43(41)35-23-25-37-38-26-24-36(34-40(38)45-39(37)33-35)44-42(28-32-49-44)47-30-22-20-18-16-14-12-10-8-6-4-2/h23-28,31-34,45H,3-22,29-30H2,1-2H3. The van der Waals surface area contributed by atoms with E-state index >= 15 is 0 Å². The smallest absolute Gasteiger partial charge is 0.137 e. The molecule has 0 amide bonds. The lowest BCUT2D eigenvalue weighted by Crippen LogP contribution is -1.97. The second kappa shape index (κ2) is 21.5. The lowest BCUT2D eigenvalue weighted by molar-refractivity contribution is 0.306. The van der Waals surface area contributed by atoms with Crippen molar-refractivity contribution in [2.45, 2.75) is 142 Å². The first kappa shape index (κ1) is 37.5. The van der Waals surface area contributed by atoms with Crippen LogP contribution in [0, 0.1) is 0 Å². The van der Waals surface area contributed by atoms with Crippen molar-refractivity contribution in [1.82, 2.24) is 4.98 Å². The molecule has 0 saturated heterocycles. The van der Waals surface area contributed by atoms with Crippen LogP contribution in [-0.4, -0.2) is 18.2 Å². The number of nitrogens with one attached hydrogen (secondary N) is 1. The van der Waals surface area contributed by atoms with Crippen LogP contribution in [0.1, 0.15) is 142 Å². The predicted molar refractivity (Wildman–Crippen MR) is 217 cm³/mol. The number of benzene rings is 2. The zero-order chi connectivity index (χ0) is 33.9. The van der Waals surface area contributed by atoms with Crippen LogP contribution in [0.25, 0.3) is 42.7 Å². The summed E-state index contributed by atoms with van der Waals surface area (Å²) in [6.45, 7) is 6.17. The molecule has 0 aliphatic carbocycles. The molecule has 5 heteroatoms. The highest BCUT2D eigenvalue weighted by Gasteiger charge is 2.14. The van der Waals surface area contributed by atoms with Crippen LogP contribution < -0.4 is 9.47 Å². The Kier molecular flexibility index (Phi) is 16.4. The number of aromatic nitrogens is 1. The molecule has 0 fully saturated rings. The molecule has 3 nitrogen and oxygen atoms in total. The Morgan fingerprint density at radius 2 is 0.816 bits per heavy atom. The van der Waals surface area contributed by atoms with Crippen molar-refractivity contribution >= 4 is 44.5 Å². The number of unbranched alkanes of at least 4 members (excludes halogenated alkanes) is 18. The maximum absolute atomic E-state index is 6.30. The second-order valence-corrected chi connectivity index (χ2v) is 15.8. The predicted octanol–water partition coefficient (Wildman–Crippen LogP) is 15.4. The fourth-order valence-corrected chi connectivity index (χ4v) is 8.65. The first-order valence-electron chi connectivity index (χ1n) is 19.7. The SMILES string of the molecule is CCCCCCCCCCCCOc1ccsc1-c1ccc2c(c1)[nH]c1cc(-c3sccc3OCCCCCCCCCCCC)ccc12. The van der Waals surface area contributed by atoms with Crippen molar-refractivity contribution in [2.24, 2.45) is 0 Å². The minimum absolute atomic E-state index is 0.797. The quantitative estimate of drug-likeness (QED) is 0.0583. The Balaban J connectivity index is 1.10.